The molecule has 4 aromatic heterocycles. The Kier molecular flexibility index (Phi) is 4.83. The summed E-state index contributed by atoms with van der Waals surface area (Å²) in [4.78, 5) is 41.3. The van der Waals surface area contributed by atoms with E-state index in [2.05, 4.69) is 15.4 Å². The number of hydrogen-bond donors (Lipinski definition) is 2. The van der Waals surface area contributed by atoms with Gasteiger partial charge < -0.3 is 19.4 Å². The number of amides is 1. The van der Waals surface area contributed by atoms with E-state index in [1.807, 2.05) is 0 Å². The third-order valence-corrected chi connectivity index (χ3v) is 4.66. The summed E-state index contributed by atoms with van der Waals surface area (Å²) in [6.45, 7) is -0.199. The average Bonchev–Trinajstić information content (AvgIpc) is 3.45. The Morgan fingerprint density at radius 2 is 2.07 bits per heavy atom. The highest BCUT2D eigenvalue weighted by Gasteiger charge is 2.18. The average molecular weight is 413 g/mol. The molecule has 0 fully saturated rings. The second-order valence-electron chi connectivity index (χ2n) is 6.64. The van der Waals surface area contributed by atoms with Gasteiger partial charge in [0, 0.05) is 20.2 Å². The lowest BCUT2D eigenvalue weighted by Gasteiger charge is -2.09. The predicted octanol–water partition coefficient (Wildman–Crippen LogP) is -0.479. The van der Waals surface area contributed by atoms with E-state index < -0.39 is 17.2 Å². The lowest BCUT2D eigenvalue weighted by molar-refractivity contribution is -0.116. The van der Waals surface area contributed by atoms with E-state index in [0.29, 0.717) is 17.3 Å². The summed E-state index contributed by atoms with van der Waals surface area (Å²) in [7, 11) is 2.87. The second-order valence-corrected chi connectivity index (χ2v) is 6.64. The SMILES string of the molecule is Cn1c(=O)c2c(ncn2CC(=O)Nc2cc(-c3ccco3)nn2CCO)n(C)c1=O. The van der Waals surface area contributed by atoms with Crippen LogP contribution in [0.2, 0.25) is 0 Å². The number of carbonyl (C=O) groups is 1. The van der Waals surface area contributed by atoms with Crippen molar-refractivity contribution in [1.29, 1.82) is 0 Å². The molecule has 0 aliphatic rings. The van der Waals surface area contributed by atoms with E-state index in [4.69, 9.17) is 4.42 Å². The largest absolute Gasteiger partial charge is 0.463 e. The van der Waals surface area contributed by atoms with Gasteiger partial charge in [-0.2, -0.15) is 5.10 Å². The molecular formula is C18H19N7O5. The minimum Gasteiger partial charge on any atom is -0.463 e. The first-order chi connectivity index (χ1) is 14.4. The molecule has 0 radical (unpaired) electrons. The first-order valence-corrected chi connectivity index (χ1v) is 9.04. The Morgan fingerprint density at radius 3 is 2.77 bits per heavy atom. The Labute approximate surface area is 168 Å². The van der Waals surface area contributed by atoms with Crippen LogP contribution in [0.25, 0.3) is 22.6 Å². The number of hydrogen-bond acceptors (Lipinski definition) is 7. The van der Waals surface area contributed by atoms with Crippen LogP contribution in [0.5, 0.6) is 0 Å². The van der Waals surface area contributed by atoms with Gasteiger partial charge in [-0.05, 0) is 12.1 Å². The van der Waals surface area contributed by atoms with Crippen molar-refractivity contribution in [1.82, 2.24) is 28.5 Å². The quantitative estimate of drug-likeness (QED) is 0.435. The number of aliphatic hydroxyl groups excluding tert-OH is 1. The highest BCUT2D eigenvalue weighted by molar-refractivity contribution is 5.91. The zero-order chi connectivity index (χ0) is 21.4. The lowest BCUT2D eigenvalue weighted by atomic mass is 10.3. The normalized spacial score (nSPS) is 11.3. The highest BCUT2D eigenvalue weighted by atomic mass is 16.3. The Bertz CT molecular complexity index is 1340. The monoisotopic (exact) mass is 413 g/mol. The molecule has 0 saturated heterocycles. The second kappa shape index (κ2) is 7.48. The fourth-order valence-corrected chi connectivity index (χ4v) is 3.18. The van der Waals surface area contributed by atoms with Gasteiger partial charge >= 0.3 is 5.69 Å². The van der Waals surface area contributed by atoms with E-state index in [1.54, 1.807) is 18.2 Å². The van der Waals surface area contributed by atoms with E-state index in [9.17, 15) is 19.5 Å². The molecule has 156 valence electrons. The molecule has 0 atom stereocenters. The molecule has 4 heterocycles. The number of aryl methyl sites for hydroxylation is 1. The Balaban J connectivity index is 1.63. The lowest BCUT2D eigenvalue weighted by Crippen LogP contribution is -2.37. The number of nitrogens with one attached hydrogen (secondary N) is 1. The Hall–Kier alpha value is -3.93. The molecule has 0 aromatic carbocycles. The van der Waals surface area contributed by atoms with Crippen LogP contribution >= 0.6 is 0 Å². The molecular weight excluding hydrogens is 394 g/mol. The molecule has 0 aliphatic heterocycles. The van der Waals surface area contributed by atoms with Gasteiger partial charge in [-0.25, -0.2) is 14.5 Å². The molecule has 0 saturated carbocycles. The number of nitrogens with zero attached hydrogens (tertiary/aromatic N) is 6. The van der Waals surface area contributed by atoms with Gasteiger partial charge in [0.2, 0.25) is 5.91 Å². The summed E-state index contributed by atoms with van der Waals surface area (Å²) in [6, 6.07) is 5.08. The minimum atomic E-state index is -0.538. The maximum Gasteiger partial charge on any atom is 0.332 e. The maximum atomic E-state index is 12.7. The van der Waals surface area contributed by atoms with Gasteiger partial charge in [0.15, 0.2) is 16.9 Å². The van der Waals surface area contributed by atoms with Crippen LogP contribution in [-0.4, -0.2) is 46.1 Å². The summed E-state index contributed by atoms with van der Waals surface area (Å²) in [6.07, 6.45) is 2.85. The number of aromatic nitrogens is 6. The van der Waals surface area contributed by atoms with Crippen molar-refractivity contribution in [3.63, 3.8) is 0 Å². The van der Waals surface area contributed by atoms with Crippen molar-refractivity contribution >= 4 is 22.9 Å². The number of imidazole rings is 1. The summed E-state index contributed by atoms with van der Waals surface area (Å²) in [5.41, 5.74) is -0.193. The van der Waals surface area contributed by atoms with Crippen molar-refractivity contribution in [2.75, 3.05) is 11.9 Å². The fraction of sp³-hybridized carbons (Fsp3) is 0.278. The van der Waals surface area contributed by atoms with Crippen LogP contribution in [-0.2, 0) is 32.0 Å². The standard InChI is InChI=1S/C18H19N7O5/c1-22-16-15(17(28)23(2)18(22)29)24(10-19-16)9-14(27)20-13-8-11(12-4-3-7-30-12)21-25(13)5-6-26/h3-4,7-8,10,26H,5-6,9H2,1-2H3,(H,20,27). The van der Waals surface area contributed by atoms with E-state index >= 15 is 0 Å². The van der Waals surface area contributed by atoms with Crippen LogP contribution in [0.1, 0.15) is 0 Å². The van der Waals surface area contributed by atoms with Crippen LogP contribution in [0.4, 0.5) is 5.82 Å². The molecule has 1 amide bonds. The van der Waals surface area contributed by atoms with E-state index in [1.165, 1.54) is 40.5 Å². The number of aliphatic hydroxyl groups is 1. The zero-order valence-electron chi connectivity index (χ0n) is 16.3. The highest BCUT2D eigenvalue weighted by Crippen LogP contribution is 2.22. The van der Waals surface area contributed by atoms with Crippen molar-refractivity contribution in [3.05, 3.63) is 51.6 Å². The van der Waals surface area contributed by atoms with Crippen molar-refractivity contribution < 1.29 is 14.3 Å². The molecule has 0 aliphatic carbocycles. The third-order valence-electron chi connectivity index (χ3n) is 4.66. The number of fused-ring (bicyclic) bond motifs is 1. The predicted molar refractivity (Wildman–Crippen MR) is 106 cm³/mol. The zero-order valence-corrected chi connectivity index (χ0v) is 16.3. The van der Waals surface area contributed by atoms with Crippen molar-refractivity contribution in [3.8, 4) is 11.5 Å². The number of furan rings is 1. The minimum absolute atomic E-state index is 0.148. The maximum absolute atomic E-state index is 12.7. The fourth-order valence-electron chi connectivity index (χ4n) is 3.18. The summed E-state index contributed by atoms with van der Waals surface area (Å²) >= 11 is 0. The summed E-state index contributed by atoms with van der Waals surface area (Å²) in [5, 5.41) is 16.3. The van der Waals surface area contributed by atoms with E-state index in [-0.39, 0.29) is 30.9 Å². The van der Waals surface area contributed by atoms with Crippen molar-refractivity contribution in [2.24, 2.45) is 14.1 Å². The number of carbonyl (C=O) groups excluding carboxylic acids is 1. The molecule has 30 heavy (non-hydrogen) atoms. The first kappa shape index (κ1) is 19.4. The molecule has 4 rings (SSSR count). The topological polar surface area (TPSA) is 142 Å². The van der Waals surface area contributed by atoms with Crippen LogP contribution in [0.3, 0.4) is 0 Å². The molecule has 12 nitrogen and oxygen atoms in total. The van der Waals surface area contributed by atoms with Gasteiger partial charge in [-0.15, -0.1) is 0 Å². The van der Waals surface area contributed by atoms with Gasteiger partial charge in [0.05, 0.1) is 25.7 Å². The van der Waals surface area contributed by atoms with Gasteiger partial charge in [-0.1, -0.05) is 0 Å². The smallest absolute Gasteiger partial charge is 0.332 e. The third kappa shape index (κ3) is 3.22. The van der Waals surface area contributed by atoms with Gasteiger partial charge in [0.25, 0.3) is 5.56 Å². The molecule has 2 N–H and O–H groups in total. The van der Waals surface area contributed by atoms with Crippen molar-refractivity contribution in [2.45, 2.75) is 13.1 Å². The van der Waals surface area contributed by atoms with Crippen LogP contribution in [0.15, 0.2) is 44.8 Å². The van der Waals surface area contributed by atoms with Gasteiger partial charge in [0.1, 0.15) is 18.1 Å². The summed E-state index contributed by atoms with van der Waals surface area (Å²) in [5.74, 6) is 0.452. The van der Waals surface area contributed by atoms with E-state index in [0.717, 1.165) is 4.57 Å². The van der Waals surface area contributed by atoms with Crippen LogP contribution in [0, 0.1) is 0 Å². The molecule has 0 spiro atoms. The molecule has 0 bridgehead atoms. The molecule has 12 heteroatoms. The van der Waals surface area contributed by atoms with Gasteiger partial charge in [-0.3, -0.25) is 18.7 Å². The first-order valence-electron chi connectivity index (χ1n) is 9.04. The molecule has 0 unspecified atom stereocenters. The van der Waals surface area contributed by atoms with Crippen LogP contribution < -0.4 is 16.6 Å². The number of anilines is 1. The summed E-state index contributed by atoms with van der Waals surface area (Å²) < 4.78 is 10.4. The number of rotatable bonds is 6. The Morgan fingerprint density at radius 1 is 1.27 bits per heavy atom. The molecule has 4 aromatic rings.